The Labute approximate surface area is 113 Å². The summed E-state index contributed by atoms with van der Waals surface area (Å²) < 4.78 is 0. The molecule has 4 heteroatoms. The fraction of sp³-hybridized carbons (Fsp3) is 0.500. The van der Waals surface area contributed by atoms with Crippen LogP contribution in [0.25, 0.3) is 0 Å². The Hall–Kier alpha value is -1.00. The monoisotopic (exact) mass is 267 g/mol. The van der Waals surface area contributed by atoms with Crippen LogP contribution in [0.3, 0.4) is 0 Å². The van der Waals surface area contributed by atoms with Gasteiger partial charge in [-0.25, -0.2) is 0 Å². The van der Waals surface area contributed by atoms with Crippen LogP contribution in [-0.2, 0) is 5.75 Å². The highest BCUT2D eigenvalue weighted by Gasteiger charge is 2.15. The van der Waals surface area contributed by atoms with Gasteiger partial charge in [0.25, 0.3) is 5.91 Å². The molecule has 0 unspecified atom stereocenters. The topological polar surface area (TPSA) is 49.3 Å². The summed E-state index contributed by atoms with van der Waals surface area (Å²) >= 11 is 1.75. The second-order valence-electron chi connectivity index (χ2n) is 4.64. The molecule has 0 aromatic heterocycles. The van der Waals surface area contributed by atoms with Gasteiger partial charge in [-0.2, -0.15) is 11.8 Å². The number of rotatable bonds is 6. The summed E-state index contributed by atoms with van der Waals surface area (Å²) in [5.41, 5.74) is 1.85. The lowest BCUT2D eigenvalue weighted by Crippen LogP contribution is -2.41. The molecule has 1 aromatic rings. The summed E-state index contributed by atoms with van der Waals surface area (Å²) in [6.45, 7) is 3.92. The third-order valence-electron chi connectivity index (χ3n) is 2.85. The fourth-order valence-corrected chi connectivity index (χ4v) is 2.12. The number of aliphatic hydroxyl groups excluding tert-OH is 1. The molecule has 18 heavy (non-hydrogen) atoms. The van der Waals surface area contributed by atoms with Crippen LogP contribution in [0.2, 0.25) is 0 Å². The van der Waals surface area contributed by atoms with Crippen LogP contribution in [0.5, 0.6) is 0 Å². The minimum Gasteiger partial charge on any atom is -0.394 e. The maximum atomic E-state index is 12.0. The van der Waals surface area contributed by atoms with Crippen LogP contribution in [0.1, 0.15) is 29.8 Å². The van der Waals surface area contributed by atoms with Crippen LogP contribution in [-0.4, -0.2) is 29.9 Å². The first kappa shape index (κ1) is 15.1. The number of amides is 1. The van der Waals surface area contributed by atoms with E-state index in [2.05, 4.69) is 11.6 Å². The van der Waals surface area contributed by atoms with Gasteiger partial charge in [0.2, 0.25) is 0 Å². The van der Waals surface area contributed by atoms with Crippen molar-refractivity contribution >= 4 is 17.7 Å². The molecule has 0 spiro atoms. The standard InChI is InChI=1S/C14H21NO2S/c1-10(2)13(8-16)15-14(17)12-6-4-11(5-7-12)9-18-3/h4-7,10,13,16H,8-9H2,1-3H3,(H,15,17)/t13-/m1/s1. The molecule has 1 amide bonds. The number of aliphatic hydroxyl groups is 1. The SMILES string of the molecule is CSCc1ccc(C(=O)N[C@H](CO)C(C)C)cc1. The van der Waals surface area contributed by atoms with Gasteiger partial charge >= 0.3 is 0 Å². The lowest BCUT2D eigenvalue weighted by Gasteiger charge is -2.19. The van der Waals surface area contributed by atoms with Gasteiger partial charge in [0.15, 0.2) is 0 Å². The first-order valence-electron chi connectivity index (χ1n) is 6.08. The Kier molecular flexibility index (Phi) is 6.22. The summed E-state index contributed by atoms with van der Waals surface area (Å²) in [6.07, 6.45) is 2.05. The number of nitrogens with one attached hydrogen (secondary N) is 1. The van der Waals surface area contributed by atoms with Gasteiger partial charge in [-0.15, -0.1) is 0 Å². The smallest absolute Gasteiger partial charge is 0.251 e. The predicted molar refractivity (Wildman–Crippen MR) is 76.8 cm³/mol. The van der Waals surface area contributed by atoms with Crippen molar-refractivity contribution in [2.24, 2.45) is 5.92 Å². The third kappa shape index (κ3) is 4.35. The Morgan fingerprint density at radius 2 is 1.94 bits per heavy atom. The second-order valence-corrected chi connectivity index (χ2v) is 5.50. The molecular formula is C14H21NO2S. The van der Waals surface area contributed by atoms with Gasteiger partial charge in [0, 0.05) is 11.3 Å². The van der Waals surface area contributed by atoms with Crippen molar-refractivity contribution in [2.45, 2.75) is 25.6 Å². The zero-order chi connectivity index (χ0) is 13.5. The third-order valence-corrected chi connectivity index (χ3v) is 3.47. The summed E-state index contributed by atoms with van der Waals surface area (Å²) in [5.74, 6) is 1.04. The van der Waals surface area contributed by atoms with E-state index in [0.29, 0.717) is 5.56 Å². The predicted octanol–water partition coefficient (Wildman–Crippen LogP) is 2.30. The molecule has 0 saturated heterocycles. The average molecular weight is 267 g/mol. The molecule has 0 bridgehead atoms. The first-order valence-corrected chi connectivity index (χ1v) is 7.47. The normalized spacial score (nSPS) is 12.5. The Bertz CT molecular complexity index is 376. The van der Waals surface area contributed by atoms with Crippen molar-refractivity contribution in [1.82, 2.24) is 5.32 Å². The maximum absolute atomic E-state index is 12.0. The van der Waals surface area contributed by atoms with Crippen LogP contribution in [0.15, 0.2) is 24.3 Å². The van der Waals surface area contributed by atoms with Crippen molar-refractivity contribution in [3.8, 4) is 0 Å². The molecule has 1 rings (SSSR count). The van der Waals surface area contributed by atoms with E-state index in [1.165, 1.54) is 5.56 Å². The van der Waals surface area contributed by atoms with Gasteiger partial charge < -0.3 is 10.4 Å². The fourth-order valence-electron chi connectivity index (χ4n) is 1.59. The Balaban J connectivity index is 2.66. The lowest BCUT2D eigenvalue weighted by atomic mass is 10.0. The maximum Gasteiger partial charge on any atom is 0.251 e. The molecule has 0 fully saturated rings. The number of hydrogen-bond acceptors (Lipinski definition) is 3. The van der Waals surface area contributed by atoms with Gasteiger partial charge in [-0.05, 0) is 29.9 Å². The zero-order valence-corrected chi connectivity index (χ0v) is 12.0. The molecule has 0 aliphatic heterocycles. The van der Waals surface area contributed by atoms with Crippen molar-refractivity contribution in [2.75, 3.05) is 12.9 Å². The number of carbonyl (C=O) groups is 1. The molecule has 0 aliphatic carbocycles. The van der Waals surface area contributed by atoms with E-state index in [4.69, 9.17) is 0 Å². The van der Waals surface area contributed by atoms with Crippen molar-refractivity contribution in [1.29, 1.82) is 0 Å². The zero-order valence-electron chi connectivity index (χ0n) is 11.1. The van der Waals surface area contributed by atoms with Crippen molar-refractivity contribution in [3.05, 3.63) is 35.4 Å². The van der Waals surface area contributed by atoms with Crippen molar-refractivity contribution in [3.63, 3.8) is 0 Å². The second kappa shape index (κ2) is 7.44. The molecule has 0 saturated carbocycles. The highest BCUT2D eigenvalue weighted by Crippen LogP contribution is 2.11. The lowest BCUT2D eigenvalue weighted by molar-refractivity contribution is 0.0897. The summed E-state index contributed by atoms with van der Waals surface area (Å²) in [6, 6.07) is 7.40. The van der Waals surface area contributed by atoms with Crippen LogP contribution < -0.4 is 5.32 Å². The molecule has 0 radical (unpaired) electrons. The Morgan fingerprint density at radius 3 is 2.39 bits per heavy atom. The summed E-state index contributed by atoms with van der Waals surface area (Å²) in [4.78, 5) is 12.0. The van der Waals surface area contributed by atoms with E-state index in [-0.39, 0.29) is 24.5 Å². The van der Waals surface area contributed by atoms with E-state index in [1.807, 2.05) is 38.1 Å². The van der Waals surface area contributed by atoms with Gasteiger partial charge in [0.05, 0.1) is 12.6 Å². The molecule has 3 nitrogen and oxygen atoms in total. The molecule has 1 atom stereocenters. The van der Waals surface area contributed by atoms with E-state index in [0.717, 1.165) is 5.75 Å². The first-order chi connectivity index (χ1) is 8.58. The number of hydrogen-bond donors (Lipinski definition) is 2. The van der Waals surface area contributed by atoms with Gasteiger partial charge in [-0.3, -0.25) is 4.79 Å². The van der Waals surface area contributed by atoms with Crippen LogP contribution in [0.4, 0.5) is 0 Å². The van der Waals surface area contributed by atoms with Crippen molar-refractivity contribution < 1.29 is 9.90 Å². The Morgan fingerprint density at radius 1 is 1.33 bits per heavy atom. The largest absolute Gasteiger partial charge is 0.394 e. The molecule has 1 aromatic carbocycles. The minimum atomic E-state index is -0.191. The molecular weight excluding hydrogens is 246 g/mol. The molecule has 2 N–H and O–H groups in total. The summed E-state index contributed by atoms with van der Waals surface area (Å²) in [5, 5.41) is 12.0. The quantitative estimate of drug-likeness (QED) is 0.831. The van der Waals surface area contributed by atoms with E-state index in [9.17, 15) is 9.90 Å². The average Bonchev–Trinajstić information content (AvgIpc) is 2.36. The van der Waals surface area contributed by atoms with Crippen LogP contribution >= 0.6 is 11.8 Å². The minimum absolute atomic E-state index is 0.0338. The molecule has 100 valence electrons. The van der Waals surface area contributed by atoms with Crippen LogP contribution in [0, 0.1) is 5.92 Å². The van der Waals surface area contributed by atoms with E-state index in [1.54, 1.807) is 11.8 Å². The molecule has 0 heterocycles. The summed E-state index contributed by atoms with van der Waals surface area (Å²) in [7, 11) is 0. The van der Waals surface area contributed by atoms with Gasteiger partial charge in [0.1, 0.15) is 0 Å². The number of carbonyl (C=O) groups excluding carboxylic acids is 1. The van der Waals surface area contributed by atoms with E-state index >= 15 is 0 Å². The number of thioether (sulfide) groups is 1. The highest BCUT2D eigenvalue weighted by molar-refractivity contribution is 7.97. The highest BCUT2D eigenvalue weighted by atomic mass is 32.2. The van der Waals surface area contributed by atoms with Gasteiger partial charge in [-0.1, -0.05) is 26.0 Å². The van der Waals surface area contributed by atoms with E-state index < -0.39 is 0 Å². The molecule has 0 aliphatic rings. The number of benzene rings is 1.